The van der Waals surface area contributed by atoms with Crippen molar-refractivity contribution in [2.75, 3.05) is 23.3 Å². The molecule has 0 fully saturated rings. The number of H-pyrrole nitrogens is 1. The molecule has 3 aromatic rings. The van der Waals surface area contributed by atoms with Gasteiger partial charge >= 0.3 is 0 Å². The zero-order chi connectivity index (χ0) is 21.5. The Balaban J connectivity index is 1.63. The van der Waals surface area contributed by atoms with Crippen LogP contribution in [0.25, 0.3) is 11.4 Å². The molecule has 156 valence electrons. The Morgan fingerprint density at radius 2 is 1.73 bits per heavy atom. The number of nitrogens with zero attached hydrogens (tertiary/aromatic N) is 3. The van der Waals surface area contributed by atoms with Gasteiger partial charge in [-0.2, -0.15) is 0 Å². The van der Waals surface area contributed by atoms with E-state index in [2.05, 4.69) is 39.0 Å². The molecular formula is C23H27N5O2. The number of carbonyl (C=O) groups is 1. The standard InChI is InChI=1S/C23H27N5O2/c1-4-28(5-2)19-8-6-18(7-9-19)26-21(29)11-10-20-16(3)25-22(27-23(20)30)17-12-14-24-15-13-17/h6-9,12-15H,4-5,10-11H2,1-3H3,(H,26,29)(H,25,27,30). The molecule has 0 spiro atoms. The summed E-state index contributed by atoms with van der Waals surface area (Å²) < 4.78 is 0. The molecule has 7 heteroatoms. The SMILES string of the molecule is CCN(CC)c1ccc(NC(=O)CCc2c(C)nc(-c3ccncc3)[nH]c2=O)cc1. The number of rotatable bonds is 8. The largest absolute Gasteiger partial charge is 0.372 e. The first-order chi connectivity index (χ1) is 14.5. The Kier molecular flexibility index (Phi) is 6.95. The van der Waals surface area contributed by atoms with Crippen LogP contribution >= 0.6 is 0 Å². The third kappa shape index (κ3) is 5.11. The molecule has 7 nitrogen and oxygen atoms in total. The van der Waals surface area contributed by atoms with Crippen molar-refractivity contribution in [1.82, 2.24) is 15.0 Å². The van der Waals surface area contributed by atoms with Gasteiger partial charge in [0.15, 0.2) is 0 Å². The first-order valence-electron chi connectivity index (χ1n) is 10.2. The van der Waals surface area contributed by atoms with Crippen LogP contribution in [0.5, 0.6) is 0 Å². The lowest BCUT2D eigenvalue weighted by Gasteiger charge is -2.21. The molecular weight excluding hydrogens is 378 g/mol. The van der Waals surface area contributed by atoms with E-state index in [1.54, 1.807) is 31.5 Å². The second kappa shape index (κ2) is 9.82. The van der Waals surface area contributed by atoms with E-state index in [1.807, 2.05) is 24.3 Å². The van der Waals surface area contributed by atoms with E-state index >= 15 is 0 Å². The van der Waals surface area contributed by atoms with Gasteiger partial charge in [0, 0.05) is 60.1 Å². The van der Waals surface area contributed by atoms with Crippen molar-refractivity contribution in [2.24, 2.45) is 0 Å². The van der Waals surface area contributed by atoms with Gasteiger partial charge in [0.25, 0.3) is 5.56 Å². The topological polar surface area (TPSA) is 91.0 Å². The normalized spacial score (nSPS) is 10.6. The van der Waals surface area contributed by atoms with Crippen LogP contribution in [-0.2, 0) is 11.2 Å². The highest BCUT2D eigenvalue weighted by atomic mass is 16.1. The number of amides is 1. The highest BCUT2D eigenvalue weighted by Gasteiger charge is 2.12. The maximum Gasteiger partial charge on any atom is 0.254 e. The molecule has 30 heavy (non-hydrogen) atoms. The molecule has 3 rings (SSSR count). The molecule has 0 saturated heterocycles. The van der Waals surface area contributed by atoms with Crippen molar-refractivity contribution in [3.8, 4) is 11.4 Å². The van der Waals surface area contributed by atoms with E-state index < -0.39 is 0 Å². The number of nitrogens with one attached hydrogen (secondary N) is 2. The van der Waals surface area contributed by atoms with Crippen LogP contribution in [0.3, 0.4) is 0 Å². The minimum Gasteiger partial charge on any atom is -0.372 e. The molecule has 0 atom stereocenters. The summed E-state index contributed by atoms with van der Waals surface area (Å²) in [5, 5.41) is 2.89. The molecule has 1 aromatic carbocycles. The van der Waals surface area contributed by atoms with Crippen molar-refractivity contribution in [3.63, 3.8) is 0 Å². The van der Waals surface area contributed by atoms with Gasteiger partial charge in [-0.3, -0.25) is 14.6 Å². The number of benzene rings is 1. The Labute approximate surface area is 176 Å². The summed E-state index contributed by atoms with van der Waals surface area (Å²) in [7, 11) is 0. The Morgan fingerprint density at radius 1 is 1.07 bits per heavy atom. The Morgan fingerprint density at radius 3 is 2.33 bits per heavy atom. The highest BCUT2D eigenvalue weighted by Crippen LogP contribution is 2.18. The second-order valence-electron chi connectivity index (χ2n) is 6.98. The number of aromatic amines is 1. The average Bonchev–Trinajstić information content (AvgIpc) is 2.75. The minimum atomic E-state index is -0.217. The van der Waals surface area contributed by atoms with E-state index in [0.717, 1.165) is 30.0 Å². The van der Waals surface area contributed by atoms with Crippen molar-refractivity contribution < 1.29 is 4.79 Å². The summed E-state index contributed by atoms with van der Waals surface area (Å²) in [6, 6.07) is 11.4. The predicted octanol–water partition coefficient (Wildman–Crippen LogP) is 3.56. The lowest BCUT2D eigenvalue weighted by Crippen LogP contribution is -2.22. The molecule has 0 unspecified atom stereocenters. The van der Waals surface area contributed by atoms with Gasteiger partial charge in [0.1, 0.15) is 5.82 Å². The molecule has 2 heterocycles. The van der Waals surface area contributed by atoms with Crippen LogP contribution < -0.4 is 15.8 Å². The lowest BCUT2D eigenvalue weighted by molar-refractivity contribution is -0.116. The van der Waals surface area contributed by atoms with E-state index in [1.165, 1.54) is 0 Å². The summed E-state index contributed by atoms with van der Waals surface area (Å²) >= 11 is 0. The fourth-order valence-electron chi connectivity index (χ4n) is 3.36. The number of anilines is 2. The molecule has 0 aliphatic heterocycles. The maximum absolute atomic E-state index is 12.5. The van der Waals surface area contributed by atoms with E-state index in [-0.39, 0.29) is 17.9 Å². The molecule has 2 aromatic heterocycles. The third-order valence-electron chi connectivity index (χ3n) is 5.06. The summed E-state index contributed by atoms with van der Waals surface area (Å²) in [6.07, 6.45) is 3.83. The Bertz CT molecular complexity index is 1040. The summed E-state index contributed by atoms with van der Waals surface area (Å²) in [6.45, 7) is 7.88. The Hall–Kier alpha value is -3.48. The van der Waals surface area contributed by atoms with Gasteiger partial charge in [0.05, 0.1) is 0 Å². The summed E-state index contributed by atoms with van der Waals surface area (Å²) in [5.41, 5.74) is 3.60. The van der Waals surface area contributed by atoms with E-state index in [9.17, 15) is 9.59 Å². The molecule has 1 amide bonds. The summed E-state index contributed by atoms with van der Waals surface area (Å²) in [4.78, 5) is 38.4. The number of hydrogen-bond acceptors (Lipinski definition) is 5. The maximum atomic E-state index is 12.5. The minimum absolute atomic E-state index is 0.136. The molecule has 0 aliphatic carbocycles. The predicted molar refractivity (Wildman–Crippen MR) is 120 cm³/mol. The van der Waals surface area contributed by atoms with Crippen LogP contribution in [0.15, 0.2) is 53.6 Å². The van der Waals surface area contributed by atoms with Crippen molar-refractivity contribution >= 4 is 17.3 Å². The van der Waals surface area contributed by atoms with Crippen LogP contribution in [0.2, 0.25) is 0 Å². The van der Waals surface area contributed by atoms with Gasteiger partial charge in [0.2, 0.25) is 5.91 Å². The van der Waals surface area contributed by atoms with Crippen LogP contribution in [0, 0.1) is 6.92 Å². The number of aryl methyl sites for hydroxylation is 1. The molecule has 0 saturated carbocycles. The van der Waals surface area contributed by atoms with Crippen LogP contribution in [0.1, 0.15) is 31.5 Å². The van der Waals surface area contributed by atoms with Gasteiger partial charge in [-0.05, 0) is 63.6 Å². The fourth-order valence-corrected chi connectivity index (χ4v) is 3.36. The van der Waals surface area contributed by atoms with Gasteiger partial charge < -0.3 is 15.2 Å². The monoisotopic (exact) mass is 405 g/mol. The molecule has 0 bridgehead atoms. The van der Waals surface area contributed by atoms with Gasteiger partial charge in [-0.1, -0.05) is 0 Å². The van der Waals surface area contributed by atoms with Gasteiger partial charge in [-0.25, -0.2) is 4.98 Å². The van der Waals surface area contributed by atoms with E-state index in [4.69, 9.17) is 0 Å². The number of carbonyl (C=O) groups excluding carboxylic acids is 1. The smallest absolute Gasteiger partial charge is 0.254 e. The third-order valence-corrected chi connectivity index (χ3v) is 5.06. The van der Waals surface area contributed by atoms with Gasteiger partial charge in [-0.15, -0.1) is 0 Å². The second-order valence-corrected chi connectivity index (χ2v) is 6.98. The number of aromatic nitrogens is 3. The number of pyridine rings is 1. The molecule has 0 radical (unpaired) electrons. The lowest BCUT2D eigenvalue weighted by atomic mass is 10.1. The molecule has 0 aliphatic rings. The van der Waals surface area contributed by atoms with Crippen LogP contribution in [0.4, 0.5) is 11.4 Å². The summed E-state index contributed by atoms with van der Waals surface area (Å²) in [5.74, 6) is 0.365. The van der Waals surface area contributed by atoms with Crippen molar-refractivity contribution in [2.45, 2.75) is 33.6 Å². The zero-order valence-corrected chi connectivity index (χ0v) is 17.6. The average molecular weight is 406 g/mol. The van der Waals surface area contributed by atoms with Crippen molar-refractivity contribution in [1.29, 1.82) is 0 Å². The van der Waals surface area contributed by atoms with E-state index in [0.29, 0.717) is 23.5 Å². The molecule has 2 N–H and O–H groups in total. The first-order valence-corrected chi connectivity index (χ1v) is 10.2. The first kappa shape index (κ1) is 21.2. The number of hydrogen-bond donors (Lipinski definition) is 2. The highest BCUT2D eigenvalue weighted by molar-refractivity contribution is 5.91. The zero-order valence-electron chi connectivity index (χ0n) is 17.6. The fraction of sp³-hybridized carbons (Fsp3) is 0.304. The quantitative estimate of drug-likeness (QED) is 0.598. The van der Waals surface area contributed by atoms with Crippen molar-refractivity contribution in [3.05, 3.63) is 70.4 Å². The van der Waals surface area contributed by atoms with Crippen LogP contribution in [-0.4, -0.2) is 33.9 Å².